The van der Waals surface area contributed by atoms with Gasteiger partial charge in [0.25, 0.3) is 11.5 Å². The minimum atomic E-state index is -1.97. The molecule has 3 aromatic rings. The molecule has 1 amide bonds. The van der Waals surface area contributed by atoms with Crippen LogP contribution in [0, 0.1) is 6.92 Å². The number of halogens is 4. The lowest BCUT2D eigenvalue weighted by atomic mass is 10.2. The normalized spacial score (nSPS) is 12.2. The number of aromatic nitrogens is 2. The van der Waals surface area contributed by atoms with Crippen molar-refractivity contribution in [2.24, 2.45) is 7.05 Å². The minimum absolute atomic E-state index is 0.0307. The Morgan fingerprint density at radius 1 is 1.03 bits per heavy atom. The van der Waals surface area contributed by atoms with Gasteiger partial charge in [0.15, 0.2) is 5.11 Å². The largest absolute Gasteiger partial charge is 0.339 e. The summed E-state index contributed by atoms with van der Waals surface area (Å²) in [4.78, 5) is 25.7. The molecular weight excluding hydrogens is 528 g/mol. The molecule has 1 unspecified atom stereocenters. The van der Waals surface area contributed by atoms with Crippen LogP contribution < -0.4 is 21.5 Å². The van der Waals surface area contributed by atoms with E-state index < -0.39 is 15.9 Å². The lowest BCUT2D eigenvalue weighted by Gasteiger charge is -2.27. The second-order valence-corrected chi connectivity index (χ2v) is 10.1. The Hall–Kier alpha value is -2.23. The van der Waals surface area contributed by atoms with Gasteiger partial charge < -0.3 is 16.0 Å². The van der Waals surface area contributed by atoms with Crippen LogP contribution in [0.5, 0.6) is 0 Å². The van der Waals surface area contributed by atoms with Crippen LogP contribution in [0.15, 0.2) is 59.4 Å². The molecule has 7 nitrogen and oxygen atoms in total. The highest BCUT2D eigenvalue weighted by Gasteiger charge is 2.35. The van der Waals surface area contributed by atoms with E-state index in [2.05, 4.69) is 16.0 Å². The summed E-state index contributed by atoms with van der Waals surface area (Å²) < 4.78 is 1.21. The number of alkyl halides is 3. The molecule has 1 atom stereocenters. The third-order valence-electron chi connectivity index (χ3n) is 4.79. The summed E-state index contributed by atoms with van der Waals surface area (Å²) in [6.07, 6.45) is -1.23. The molecular formula is C21H19Cl4N5O2S. The molecule has 2 aromatic carbocycles. The highest BCUT2D eigenvalue weighted by molar-refractivity contribution is 7.80. The summed E-state index contributed by atoms with van der Waals surface area (Å²) in [7, 11) is 1.75. The van der Waals surface area contributed by atoms with Crippen molar-refractivity contribution in [3.63, 3.8) is 0 Å². The molecule has 0 aliphatic heterocycles. The number of nitrogens with zero attached hydrogens (tertiary/aromatic N) is 2. The van der Waals surface area contributed by atoms with Crippen LogP contribution in [0.4, 0.5) is 5.69 Å². The Morgan fingerprint density at radius 2 is 1.64 bits per heavy atom. The van der Waals surface area contributed by atoms with Crippen molar-refractivity contribution in [1.82, 2.24) is 20.0 Å². The van der Waals surface area contributed by atoms with Crippen molar-refractivity contribution in [1.29, 1.82) is 0 Å². The first-order valence-electron chi connectivity index (χ1n) is 9.54. The van der Waals surface area contributed by atoms with Gasteiger partial charge in [-0.2, -0.15) is 0 Å². The predicted octanol–water partition coefficient (Wildman–Crippen LogP) is 4.55. The van der Waals surface area contributed by atoms with Crippen molar-refractivity contribution in [3.05, 3.63) is 81.2 Å². The molecule has 0 saturated heterocycles. The minimum Gasteiger partial charge on any atom is -0.339 e. The summed E-state index contributed by atoms with van der Waals surface area (Å²) in [6.45, 7) is 1.76. The van der Waals surface area contributed by atoms with E-state index in [1.165, 1.54) is 10.7 Å². The van der Waals surface area contributed by atoms with Gasteiger partial charge in [0.1, 0.15) is 11.9 Å². The van der Waals surface area contributed by atoms with E-state index in [4.69, 9.17) is 58.6 Å². The van der Waals surface area contributed by atoms with Gasteiger partial charge in [0.2, 0.25) is 3.79 Å². The maximum atomic E-state index is 13.1. The fraction of sp³-hybridized carbons (Fsp3) is 0.190. The summed E-state index contributed by atoms with van der Waals surface area (Å²) >= 11 is 29.6. The zero-order valence-electron chi connectivity index (χ0n) is 17.4. The summed E-state index contributed by atoms with van der Waals surface area (Å²) in [5, 5.41) is 8.35. The lowest BCUT2D eigenvalue weighted by Crippen LogP contribution is -2.56. The van der Waals surface area contributed by atoms with E-state index >= 15 is 0 Å². The Morgan fingerprint density at radius 3 is 2.24 bits per heavy atom. The number of hydrogen-bond acceptors (Lipinski definition) is 3. The molecule has 33 heavy (non-hydrogen) atoms. The number of rotatable bonds is 5. The third-order valence-corrected chi connectivity index (χ3v) is 5.99. The van der Waals surface area contributed by atoms with Gasteiger partial charge >= 0.3 is 0 Å². The summed E-state index contributed by atoms with van der Waals surface area (Å²) in [6, 6.07) is 15.6. The molecule has 12 heteroatoms. The number of benzene rings is 2. The standard InChI is InChI=1S/C21H19Cl4N5O2S/c1-12-16(18(32)30(29(12)2)13-8-4-3-5-9-13)26-20(33)28-19(21(23,24)25)27-17(31)14-10-6-7-11-15(14)22/h3-11,19H,1-2H3,(H,27,31)(H2,26,28,33). The number of hydrogen-bond donors (Lipinski definition) is 3. The molecule has 0 radical (unpaired) electrons. The summed E-state index contributed by atoms with van der Waals surface area (Å²) in [5.74, 6) is -0.574. The fourth-order valence-corrected chi connectivity index (χ4v) is 3.82. The third kappa shape index (κ3) is 5.83. The zero-order valence-corrected chi connectivity index (χ0v) is 21.2. The van der Waals surface area contributed by atoms with Gasteiger partial charge in [-0.05, 0) is 43.4 Å². The van der Waals surface area contributed by atoms with Crippen molar-refractivity contribution in [2.75, 3.05) is 5.32 Å². The molecule has 0 bridgehead atoms. The van der Waals surface area contributed by atoms with Crippen LogP contribution in [0.25, 0.3) is 5.69 Å². The van der Waals surface area contributed by atoms with Crippen molar-refractivity contribution in [2.45, 2.75) is 16.9 Å². The quantitative estimate of drug-likeness (QED) is 0.248. The molecule has 0 saturated carbocycles. The molecule has 1 heterocycles. The molecule has 0 fully saturated rings. The highest BCUT2D eigenvalue weighted by Crippen LogP contribution is 2.29. The van der Waals surface area contributed by atoms with Gasteiger partial charge in [-0.25, -0.2) is 4.68 Å². The average Bonchev–Trinajstić information content (AvgIpc) is 2.96. The molecule has 174 valence electrons. The predicted molar refractivity (Wildman–Crippen MR) is 138 cm³/mol. The maximum absolute atomic E-state index is 13.1. The van der Waals surface area contributed by atoms with Gasteiger partial charge in [-0.3, -0.25) is 14.3 Å². The zero-order chi connectivity index (χ0) is 24.3. The van der Waals surface area contributed by atoms with Crippen LogP contribution in [0.1, 0.15) is 16.1 Å². The number of amides is 1. The van der Waals surface area contributed by atoms with Gasteiger partial charge in [0.05, 0.1) is 22.0 Å². The Bertz CT molecular complexity index is 1240. The van der Waals surface area contributed by atoms with Crippen LogP contribution in [-0.2, 0) is 7.05 Å². The Kier molecular flexibility index (Phi) is 7.97. The van der Waals surface area contributed by atoms with Crippen LogP contribution >= 0.6 is 58.6 Å². The highest BCUT2D eigenvalue weighted by atomic mass is 35.6. The summed E-state index contributed by atoms with van der Waals surface area (Å²) in [5.41, 5.74) is 1.42. The van der Waals surface area contributed by atoms with E-state index in [9.17, 15) is 9.59 Å². The Balaban J connectivity index is 1.81. The number of thiocarbonyl (C=S) groups is 1. The lowest BCUT2D eigenvalue weighted by molar-refractivity contribution is 0.0934. The number of carbonyl (C=O) groups is 1. The second-order valence-electron chi connectivity index (χ2n) is 6.96. The van der Waals surface area contributed by atoms with E-state index in [0.29, 0.717) is 11.4 Å². The van der Waals surface area contributed by atoms with E-state index in [0.717, 1.165) is 0 Å². The SMILES string of the molecule is Cc1c(NC(=S)NC(NC(=O)c2ccccc2Cl)C(Cl)(Cl)Cl)c(=O)n(-c2ccccc2)n1C. The van der Waals surface area contributed by atoms with Crippen molar-refractivity contribution in [3.8, 4) is 5.69 Å². The van der Waals surface area contributed by atoms with Gasteiger partial charge in [-0.15, -0.1) is 0 Å². The molecule has 3 rings (SSSR count). The Labute approximate surface area is 215 Å². The average molecular weight is 547 g/mol. The number of para-hydroxylation sites is 1. The monoisotopic (exact) mass is 545 g/mol. The molecule has 0 aliphatic carbocycles. The van der Waals surface area contributed by atoms with Crippen LogP contribution in [0.3, 0.4) is 0 Å². The maximum Gasteiger partial charge on any atom is 0.295 e. The first-order chi connectivity index (χ1) is 15.5. The van der Waals surface area contributed by atoms with Crippen molar-refractivity contribution < 1.29 is 4.79 Å². The molecule has 0 aliphatic rings. The number of carbonyl (C=O) groups excluding carboxylic acids is 1. The first-order valence-corrected chi connectivity index (χ1v) is 11.5. The van der Waals surface area contributed by atoms with E-state index in [1.807, 2.05) is 30.3 Å². The number of nitrogens with one attached hydrogen (secondary N) is 3. The molecule has 1 aromatic heterocycles. The van der Waals surface area contributed by atoms with E-state index in [-0.39, 0.29) is 26.9 Å². The van der Waals surface area contributed by atoms with E-state index in [1.54, 1.807) is 36.9 Å². The van der Waals surface area contributed by atoms with Gasteiger partial charge in [-0.1, -0.05) is 76.7 Å². The van der Waals surface area contributed by atoms with Crippen LogP contribution in [-0.4, -0.2) is 30.3 Å². The second kappa shape index (κ2) is 10.4. The molecule has 0 spiro atoms. The van der Waals surface area contributed by atoms with Crippen molar-refractivity contribution >= 4 is 75.3 Å². The fourth-order valence-electron chi connectivity index (χ4n) is 3.05. The first kappa shape index (κ1) is 25.4. The number of anilines is 1. The van der Waals surface area contributed by atoms with Crippen LogP contribution in [0.2, 0.25) is 5.02 Å². The smallest absolute Gasteiger partial charge is 0.295 e. The van der Waals surface area contributed by atoms with Gasteiger partial charge in [0, 0.05) is 7.05 Å². The topological polar surface area (TPSA) is 80.1 Å². The molecule has 3 N–H and O–H groups in total.